The average Bonchev–Trinajstić information content (AvgIpc) is 2.66. The van der Waals surface area contributed by atoms with Crippen molar-refractivity contribution in [2.75, 3.05) is 18.4 Å². The summed E-state index contributed by atoms with van der Waals surface area (Å²) in [6, 6.07) is 5.46. The van der Waals surface area contributed by atoms with Crippen LogP contribution in [0.15, 0.2) is 18.2 Å². The molecule has 1 aromatic rings. The Labute approximate surface area is 137 Å². The number of ether oxygens (including phenoxy) is 1. The molecule has 23 heavy (non-hydrogen) atoms. The van der Waals surface area contributed by atoms with Crippen LogP contribution in [0.4, 0.5) is 5.69 Å². The Morgan fingerprint density at radius 1 is 1.30 bits per heavy atom. The number of nitrogens with zero attached hydrogens (tertiary/aromatic N) is 1. The lowest BCUT2D eigenvalue weighted by Gasteiger charge is -2.41. The first kappa shape index (κ1) is 16.0. The summed E-state index contributed by atoms with van der Waals surface area (Å²) >= 11 is 0. The summed E-state index contributed by atoms with van der Waals surface area (Å²) in [5.74, 6) is -0.0376. The van der Waals surface area contributed by atoms with E-state index < -0.39 is 5.41 Å². The molecule has 0 spiro atoms. The molecular formula is C18H24N2O3. The van der Waals surface area contributed by atoms with Crippen molar-refractivity contribution in [1.29, 1.82) is 0 Å². The van der Waals surface area contributed by atoms with Crippen LogP contribution in [0, 0.1) is 0 Å². The second kappa shape index (κ2) is 5.06. The van der Waals surface area contributed by atoms with Crippen LogP contribution in [-0.2, 0) is 14.9 Å². The van der Waals surface area contributed by atoms with E-state index in [-0.39, 0.29) is 23.5 Å². The van der Waals surface area contributed by atoms with Crippen LogP contribution in [0.25, 0.3) is 0 Å². The third-order valence-electron chi connectivity index (χ3n) is 4.61. The lowest BCUT2D eigenvalue weighted by molar-refractivity contribution is -0.119. The normalized spacial score (nSPS) is 25.0. The van der Waals surface area contributed by atoms with Gasteiger partial charge in [0.25, 0.3) is 5.91 Å². The fourth-order valence-corrected chi connectivity index (χ4v) is 3.50. The first-order chi connectivity index (χ1) is 10.6. The van der Waals surface area contributed by atoms with Gasteiger partial charge in [0.15, 0.2) is 0 Å². The Kier molecular flexibility index (Phi) is 3.52. The molecule has 5 heteroatoms. The number of nitrogens with one attached hydrogen (secondary N) is 1. The van der Waals surface area contributed by atoms with Gasteiger partial charge in [0.1, 0.15) is 0 Å². The van der Waals surface area contributed by atoms with E-state index in [0.29, 0.717) is 18.7 Å². The highest BCUT2D eigenvalue weighted by Crippen LogP contribution is 2.38. The largest absolute Gasteiger partial charge is 0.369 e. The maximum Gasteiger partial charge on any atom is 0.254 e. The van der Waals surface area contributed by atoms with E-state index in [1.54, 1.807) is 6.07 Å². The van der Waals surface area contributed by atoms with Gasteiger partial charge in [0, 0.05) is 24.3 Å². The van der Waals surface area contributed by atoms with Gasteiger partial charge in [-0.25, -0.2) is 0 Å². The molecule has 2 aliphatic heterocycles. The summed E-state index contributed by atoms with van der Waals surface area (Å²) in [7, 11) is 0. The molecule has 1 aromatic carbocycles. The lowest BCUT2D eigenvalue weighted by Crippen LogP contribution is -2.53. The van der Waals surface area contributed by atoms with Crippen molar-refractivity contribution < 1.29 is 14.3 Å². The molecule has 0 saturated carbocycles. The zero-order valence-corrected chi connectivity index (χ0v) is 14.4. The van der Waals surface area contributed by atoms with Crippen LogP contribution >= 0.6 is 0 Å². The third-order valence-corrected chi connectivity index (χ3v) is 4.61. The van der Waals surface area contributed by atoms with Gasteiger partial charge in [-0.3, -0.25) is 9.59 Å². The number of morpholine rings is 1. The molecule has 2 aliphatic rings. The van der Waals surface area contributed by atoms with Gasteiger partial charge in [-0.15, -0.1) is 0 Å². The van der Waals surface area contributed by atoms with Gasteiger partial charge in [0.2, 0.25) is 5.91 Å². The van der Waals surface area contributed by atoms with Crippen LogP contribution < -0.4 is 5.32 Å². The van der Waals surface area contributed by atoms with Crippen molar-refractivity contribution in [1.82, 2.24) is 4.90 Å². The first-order valence-electron chi connectivity index (χ1n) is 8.03. The van der Waals surface area contributed by atoms with Crippen molar-refractivity contribution in [3.63, 3.8) is 0 Å². The van der Waals surface area contributed by atoms with Crippen molar-refractivity contribution >= 4 is 17.5 Å². The molecule has 0 radical (unpaired) electrons. The highest BCUT2D eigenvalue weighted by Gasteiger charge is 2.39. The monoisotopic (exact) mass is 316 g/mol. The minimum absolute atomic E-state index is 0.00817. The van der Waals surface area contributed by atoms with Crippen LogP contribution in [0.3, 0.4) is 0 Å². The van der Waals surface area contributed by atoms with E-state index >= 15 is 0 Å². The van der Waals surface area contributed by atoms with Gasteiger partial charge in [-0.2, -0.15) is 0 Å². The SMILES string of the molecule is CC1CN(C(=O)c2ccc3c(c2)C(C)(C)C(=O)N3)CC(C)(C)O1. The standard InChI is InChI=1S/C18H24N2O3/c1-11-9-20(10-17(2,3)23-11)15(21)12-6-7-14-13(8-12)18(4,5)16(22)19-14/h6-8,11H,9-10H2,1-5H3,(H,19,22). The lowest BCUT2D eigenvalue weighted by atomic mass is 9.85. The highest BCUT2D eigenvalue weighted by molar-refractivity contribution is 6.07. The number of benzene rings is 1. The van der Waals surface area contributed by atoms with E-state index in [1.807, 2.05) is 51.7 Å². The van der Waals surface area contributed by atoms with E-state index in [2.05, 4.69) is 5.32 Å². The molecule has 3 rings (SSSR count). The van der Waals surface area contributed by atoms with E-state index in [4.69, 9.17) is 4.74 Å². The number of hydrogen-bond acceptors (Lipinski definition) is 3. The van der Waals surface area contributed by atoms with Crippen LogP contribution in [-0.4, -0.2) is 41.5 Å². The number of hydrogen-bond donors (Lipinski definition) is 1. The fraction of sp³-hybridized carbons (Fsp3) is 0.556. The van der Waals surface area contributed by atoms with Crippen LogP contribution in [0.1, 0.15) is 50.5 Å². The molecule has 124 valence electrons. The first-order valence-corrected chi connectivity index (χ1v) is 8.03. The Morgan fingerprint density at radius 3 is 2.65 bits per heavy atom. The maximum atomic E-state index is 12.9. The van der Waals surface area contributed by atoms with Crippen LogP contribution in [0.5, 0.6) is 0 Å². The minimum atomic E-state index is -0.608. The Balaban J connectivity index is 1.90. The Bertz CT molecular complexity index is 679. The van der Waals surface area contributed by atoms with E-state index in [1.165, 1.54) is 0 Å². The number of fused-ring (bicyclic) bond motifs is 1. The van der Waals surface area contributed by atoms with Crippen molar-refractivity contribution in [3.8, 4) is 0 Å². The molecule has 0 aromatic heterocycles. The van der Waals surface area contributed by atoms with Gasteiger partial charge >= 0.3 is 0 Å². The molecule has 1 fully saturated rings. The fourth-order valence-electron chi connectivity index (χ4n) is 3.50. The summed E-state index contributed by atoms with van der Waals surface area (Å²) < 4.78 is 5.86. The molecule has 1 unspecified atom stereocenters. The molecule has 0 aliphatic carbocycles. The smallest absolute Gasteiger partial charge is 0.254 e. The number of carbonyl (C=O) groups is 2. The van der Waals surface area contributed by atoms with Crippen molar-refractivity contribution in [3.05, 3.63) is 29.3 Å². The maximum absolute atomic E-state index is 12.9. The number of amides is 2. The Hall–Kier alpha value is -1.88. The van der Waals surface area contributed by atoms with E-state index in [9.17, 15) is 9.59 Å². The van der Waals surface area contributed by atoms with E-state index in [0.717, 1.165) is 11.3 Å². The third kappa shape index (κ3) is 2.74. The summed E-state index contributed by atoms with van der Waals surface area (Å²) in [6.45, 7) is 10.9. The molecule has 1 N–H and O–H groups in total. The minimum Gasteiger partial charge on any atom is -0.369 e. The second-order valence-corrected chi connectivity index (χ2v) is 7.71. The molecule has 5 nitrogen and oxygen atoms in total. The average molecular weight is 316 g/mol. The molecule has 2 amide bonds. The predicted octanol–water partition coefficient (Wildman–Crippen LogP) is 2.56. The van der Waals surface area contributed by atoms with Crippen molar-refractivity contribution in [2.24, 2.45) is 0 Å². The predicted molar refractivity (Wildman–Crippen MR) is 88.6 cm³/mol. The topological polar surface area (TPSA) is 58.6 Å². The number of anilines is 1. The highest BCUT2D eigenvalue weighted by atomic mass is 16.5. The number of rotatable bonds is 1. The zero-order valence-electron chi connectivity index (χ0n) is 14.4. The van der Waals surface area contributed by atoms with Gasteiger partial charge in [-0.1, -0.05) is 0 Å². The number of carbonyl (C=O) groups excluding carboxylic acids is 2. The molecule has 2 heterocycles. The molecule has 1 saturated heterocycles. The van der Waals surface area contributed by atoms with Gasteiger partial charge in [0.05, 0.1) is 17.1 Å². The van der Waals surface area contributed by atoms with Gasteiger partial charge in [-0.05, 0) is 58.4 Å². The second-order valence-electron chi connectivity index (χ2n) is 7.71. The van der Waals surface area contributed by atoms with Crippen molar-refractivity contribution in [2.45, 2.75) is 51.7 Å². The summed E-state index contributed by atoms with van der Waals surface area (Å²) in [6.07, 6.45) is 0.0109. The zero-order chi connectivity index (χ0) is 17.0. The summed E-state index contributed by atoms with van der Waals surface area (Å²) in [5, 5.41) is 2.87. The molecular weight excluding hydrogens is 292 g/mol. The molecule has 1 atom stereocenters. The summed E-state index contributed by atoms with van der Waals surface area (Å²) in [5.41, 5.74) is 1.35. The summed E-state index contributed by atoms with van der Waals surface area (Å²) in [4.78, 5) is 26.8. The van der Waals surface area contributed by atoms with Gasteiger partial charge < -0.3 is 15.0 Å². The molecule has 0 bridgehead atoms. The quantitative estimate of drug-likeness (QED) is 0.866. The van der Waals surface area contributed by atoms with Crippen LogP contribution in [0.2, 0.25) is 0 Å². The Morgan fingerprint density at radius 2 is 2.00 bits per heavy atom.